The maximum atomic E-state index is 12.1. The summed E-state index contributed by atoms with van der Waals surface area (Å²) in [5, 5.41) is 14.4. The maximum Gasteiger partial charge on any atom is 0.257 e. The van der Waals surface area contributed by atoms with E-state index < -0.39 is 11.8 Å². The summed E-state index contributed by atoms with van der Waals surface area (Å²) in [6, 6.07) is 14.2. The molecule has 0 radical (unpaired) electrons. The van der Waals surface area contributed by atoms with Crippen LogP contribution < -0.4 is 10.1 Å². The lowest BCUT2D eigenvalue weighted by Crippen LogP contribution is -2.31. The molecule has 2 amide bonds. The summed E-state index contributed by atoms with van der Waals surface area (Å²) in [4.78, 5) is 24.1. The second-order valence-corrected chi connectivity index (χ2v) is 6.52. The number of aryl methyl sites for hydroxylation is 1. The summed E-state index contributed by atoms with van der Waals surface area (Å²) in [6.45, 7) is 1.95. The number of ether oxygens (including phenoxy) is 1. The monoisotopic (exact) mass is 383 g/mol. The Hall–Kier alpha value is -3.20. The van der Waals surface area contributed by atoms with Crippen LogP contribution >= 0.6 is 11.8 Å². The number of hydrogen-bond donors (Lipinski definition) is 1. The Morgan fingerprint density at radius 2 is 1.96 bits per heavy atom. The minimum Gasteiger partial charge on any atom is -0.494 e. The van der Waals surface area contributed by atoms with Crippen molar-refractivity contribution in [1.29, 1.82) is 0 Å². The maximum absolute atomic E-state index is 12.1. The van der Waals surface area contributed by atoms with Gasteiger partial charge in [0, 0.05) is 5.56 Å². The van der Waals surface area contributed by atoms with E-state index in [1.54, 1.807) is 37.4 Å². The van der Waals surface area contributed by atoms with E-state index in [9.17, 15) is 9.59 Å². The molecule has 1 aromatic heterocycles. The molecule has 0 aliphatic rings. The molecular weight excluding hydrogens is 366 g/mol. The van der Waals surface area contributed by atoms with Gasteiger partial charge in [0.2, 0.25) is 11.1 Å². The van der Waals surface area contributed by atoms with Gasteiger partial charge in [-0.05, 0) is 47.2 Å². The summed E-state index contributed by atoms with van der Waals surface area (Å²) >= 11 is 1.13. The van der Waals surface area contributed by atoms with E-state index in [1.165, 1.54) is 4.68 Å². The Labute approximate surface area is 159 Å². The van der Waals surface area contributed by atoms with Gasteiger partial charge in [0.25, 0.3) is 5.91 Å². The highest BCUT2D eigenvalue weighted by molar-refractivity contribution is 7.99. The minimum atomic E-state index is -0.443. The molecule has 0 atom stereocenters. The first-order chi connectivity index (χ1) is 13.1. The van der Waals surface area contributed by atoms with Gasteiger partial charge < -0.3 is 4.74 Å². The van der Waals surface area contributed by atoms with Crippen LogP contribution in [0.4, 0.5) is 0 Å². The van der Waals surface area contributed by atoms with Gasteiger partial charge >= 0.3 is 0 Å². The third-order valence-corrected chi connectivity index (χ3v) is 4.54. The number of thioether (sulfide) groups is 1. The van der Waals surface area contributed by atoms with E-state index in [0.717, 1.165) is 17.3 Å². The van der Waals surface area contributed by atoms with Gasteiger partial charge in [0.05, 0.1) is 12.9 Å². The van der Waals surface area contributed by atoms with Gasteiger partial charge in [-0.25, -0.2) is 0 Å². The highest BCUT2D eigenvalue weighted by atomic mass is 32.2. The van der Waals surface area contributed by atoms with Crippen LogP contribution in [0.15, 0.2) is 53.7 Å². The number of tetrazole rings is 1. The van der Waals surface area contributed by atoms with Gasteiger partial charge in [0.15, 0.2) is 0 Å². The minimum absolute atomic E-state index is 0.00687. The fourth-order valence-electron chi connectivity index (χ4n) is 2.34. The van der Waals surface area contributed by atoms with Crippen molar-refractivity contribution >= 4 is 23.6 Å². The molecule has 1 heterocycles. The average Bonchev–Trinajstić information content (AvgIpc) is 3.15. The lowest BCUT2D eigenvalue weighted by atomic mass is 10.2. The van der Waals surface area contributed by atoms with Gasteiger partial charge in [0.1, 0.15) is 11.4 Å². The molecular formula is C18H17N5O3S. The molecule has 0 saturated carbocycles. The van der Waals surface area contributed by atoms with Gasteiger partial charge in [-0.1, -0.05) is 36.0 Å². The number of hydrogen-bond acceptors (Lipinski definition) is 7. The number of imide groups is 1. The molecule has 0 aliphatic carbocycles. The van der Waals surface area contributed by atoms with Crippen LogP contribution in [0.2, 0.25) is 0 Å². The largest absolute Gasteiger partial charge is 0.494 e. The van der Waals surface area contributed by atoms with Crippen LogP contribution in [-0.4, -0.2) is 44.9 Å². The highest BCUT2D eigenvalue weighted by Gasteiger charge is 2.16. The van der Waals surface area contributed by atoms with E-state index in [0.29, 0.717) is 22.2 Å². The summed E-state index contributed by atoms with van der Waals surface area (Å²) in [6.07, 6.45) is 0. The summed E-state index contributed by atoms with van der Waals surface area (Å²) in [5.41, 5.74) is 2.11. The van der Waals surface area contributed by atoms with Gasteiger partial charge in [-0.3, -0.25) is 14.9 Å². The molecule has 0 saturated heterocycles. The standard InChI is InChI=1S/C18H17N5O3S/c1-12-8-9-15(26-2)14(10-12)23-18(20-21-22-23)27-11-16(24)19-17(25)13-6-4-3-5-7-13/h3-10H,11H2,1-2H3,(H,19,24,25). The summed E-state index contributed by atoms with van der Waals surface area (Å²) in [7, 11) is 1.56. The number of rotatable bonds is 6. The fourth-order valence-corrected chi connectivity index (χ4v) is 3.02. The van der Waals surface area contributed by atoms with Crippen LogP contribution in [0, 0.1) is 6.92 Å². The first kappa shape index (κ1) is 18.6. The Morgan fingerprint density at radius 1 is 1.19 bits per heavy atom. The van der Waals surface area contributed by atoms with Crippen molar-refractivity contribution in [3.8, 4) is 11.4 Å². The van der Waals surface area contributed by atoms with E-state index in [4.69, 9.17) is 4.74 Å². The zero-order valence-electron chi connectivity index (χ0n) is 14.7. The smallest absolute Gasteiger partial charge is 0.257 e. The Bertz CT molecular complexity index is 959. The number of aromatic nitrogens is 4. The van der Waals surface area contributed by atoms with Crippen molar-refractivity contribution in [2.45, 2.75) is 12.1 Å². The molecule has 138 valence electrons. The second-order valence-electron chi connectivity index (χ2n) is 5.58. The summed E-state index contributed by atoms with van der Waals surface area (Å²) < 4.78 is 6.86. The van der Waals surface area contributed by atoms with Crippen molar-refractivity contribution in [2.75, 3.05) is 12.9 Å². The zero-order valence-corrected chi connectivity index (χ0v) is 15.6. The first-order valence-electron chi connectivity index (χ1n) is 8.04. The molecule has 3 rings (SSSR count). The third kappa shape index (κ3) is 4.50. The van der Waals surface area contributed by atoms with E-state index in [-0.39, 0.29) is 5.75 Å². The molecule has 1 N–H and O–H groups in total. The number of benzene rings is 2. The van der Waals surface area contributed by atoms with E-state index in [1.807, 2.05) is 25.1 Å². The quantitative estimate of drug-likeness (QED) is 0.650. The summed E-state index contributed by atoms with van der Waals surface area (Å²) in [5.74, 6) is -0.271. The predicted octanol–water partition coefficient (Wildman–Crippen LogP) is 2.03. The first-order valence-corrected chi connectivity index (χ1v) is 9.02. The van der Waals surface area contributed by atoms with Crippen LogP contribution in [-0.2, 0) is 4.79 Å². The molecule has 0 unspecified atom stereocenters. The second kappa shape index (κ2) is 8.45. The van der Waals surface area contributed by atoms with Gasteiger partial charge in [-0.2, -0.15) is 4.68 Å². The normalized spacial score (nSPS) is 10.4. The predicted molar refractivity (Wildman–Crippen MR) is 100 cm³/mol. The molecule has 8 nitrogen and oxygen atoms in total. The molecule has 0 bridgehead atoms. The Morgan fingerprint density at radius 3 is 2.70 bits per heavy atom. The lowest BCUT2D eigenvalue weighted by molar-refractivity contribution is -0.117. The molecule has 9 heteroatoms. The van der Waals surface area contributed by atoms with Crippen LogP contribution in [0.1, 0.15) is 15.9 Å². The van der Waals surface area contributed by atoms with Crippen molar-refractivity contribution in [2.24, 2.45) is 0 Å². The molecule has 0 aliphatic heterocycles. The van der Waals surface area contributed by atoms with Crippen LogP contribution in [0.25, 0.3) is 5.69 Å². The van der Waals surface area contributed by atoms with Crippen molar-refractivity contribution < 1.29 is 14.3 Å². The number of methoxy groups -OCH3 is 1. The van der Waals surface area contributed by atoms with Crippen molar-refractivity contribution in [3.63, 3.8) is 0 Å². The molecule has 0 fully saturated rings. The van der Waals surface area contributed by atoms with E-state index in [2.05, 4.69) is 20.8 Å². The SMILES string of the molecule is COc1ccc(C)cc1-n1nnnc1SCC(=O)NC(=O)c1ccccc1. The van der Waals surface area contributed by atoms with Gasteiger partial charge in [-0.15, -0.1) is 5.10 Å². The number of nitrogens with one attached hydrogen (secondary N) is 1. The average molecular weight is 383 g/mol. The van der Waals surface area contributed by atoms with E-state index >= 15 is 0 Å². The number of carbonyl (C=O) groups excluding carboxylic acids is 2. The third-order valence-electron chi connectivity index (χ3n) is 3.62. The molecule has 3 aromatic rings. The van der Waals surface area contributed by atoms with Crippen LogP contribution in [0.5, 0.6) is 5.75 Å². The topological polar surface area (TPSA) is 99.0 Å². The van der Waals surface area contributed by atoms with Crippen molar-refractivity contribution in [1.82, 2.24) is 25.5 Å². The van der Waals surface area contributed by atoms with Crippen molar-refractivity contribution in [3.05, 3.63) is 59.7 Å². The van der Waals surface area contributed by atoms with Crippen LogP contribution in [0.3, 0.4) is 0 Å². The number of carbonyl (C=O) groups is 2. The highest BCUT2D eigenvalue weighted by Crippen LogP contribution is 2.26. The molecule has 0 spiro atoms. The lowest BCUT2D eigenvalue weighted by Gasteiger charge is -2.10. The number of amides is 2. The Kier molecular flexibility index (Phi) is 5.82. The Balaban J connectivity index is 1.68. The molecule has 27 heavy (non-hydrogen) atoms. The molecule has 2 aromatic carbocycles. The fraction of sp³-hybridized carbons (Fsp3) is 0.167. The zero-order chi connectivity index (χ0) is 19.2. The number of nitrogens with zero attached hydrogens (tertiary/aromatic N) is 4.